The van der Waals surface area contributed by atoms with Gasteiger partial charge in [0.05, 0.1) is 24.4 Å². The highest BCUT2D eigenvalue weighted by molar-refractivity contribution is 4.87. The largest absolute Gasteiger partial charge is 0.391 e. The first-order valence-electron chi connectivity index (χ1n) is 5.47. The Bertz CT molecular complexity index is 161. The zero-order valence-corrected chi connectivity index (χ0v) is 9.80. The Balaban J connectivity index is 4.69. The van der Waals surface area contributed by atoms with Crippen LogP contribution in [0.3, 0.4) is 0 Å². The Hall–Kier alpha value is -0.200. The summed E-state index contributed by atoms with van der Waals surface area (Å²) in [6.07, 6.45) is -2.69. The van der Waals surface area contributed by atoms with Crippen molar-refractivity contribution in [3.63, 3.8) is 0 Å². The molecule has 0 amide bonds. The Morgan fingerprint density at radius 3 is 1.87 bits per heavy atom. The minimum absolute atomic E-state index is 0.0744. The Labute approximate surface area is 91.5 Å². The summed E-state index contributed by atoms with van der Waals surface area (Å²) >= 11 is 0. The van der Waals surface area contributed by atoms with Crippen LogP contribution in [0.4, 0.5) is 0 Å². The molecule has 4 unspecified atom stereocenters. The fraction of sp³-hybridized carbons (Fsp3) is 1.00. The van der Waals surface area contributed by atoms with Gasteiger partial charge in [0.25, 0.3) is 0 Å². The molecule has 0 heterocycles. The van der Waals surface area contributed by atoms with E-state index < -0.39 is 24.4 Å². The van der Waals surface area contributed by atoms with Crippen LogP contribution >= 0.6 is 0 Å². The second-order valence-electron chi connectivity index (χ2n) is 3.75. The van der Waals surface area contributed by atoms with Crippen LogP contribution in [0, 0.1) is 0 Å². The van der Waals surface area contributed by atoms with Crippen LogP contribution in [0.1, 0.15) is 20.8 Å². The molecule has 0 spiro atoms. The van der Waals surface area contributed by atoms with Crippen molar-refractivity contribution in [2.45, 2.75) is 45.1 Å². The summed E-state index contributed by atoms with van der Waals surface area (Å²) in [5.74, 6) is 0. The number of likely N-dealkylation sites (N-methyl/N-ethyl adjacent to an activating group) is 1. The molecular formula is C10H24N2O3. The van der Waals surface area contributed by atoms with Gasteiger partial charge < -0.3 is 21.1 Å². The second-order valence-corrected chi connectivity index (χ2v) is 3.75. The molecule has 15 heavy (non-hydrogen) atoms. The van der Waals surface area contributed by atoms with E-state index in [1.807, 2.05) is 18.7 Å². The summed E-state index contributed by atoms with van der Waals surface area (Å²) in [5, 5.41) is 28.9. The van der Waals surface area contributed by atoms with E-state index in [2.05, 4.69) is 0 Å². The summed E-state index contributed by atoms with van der Waals surface area (Å²) < 4.78 is 0. The van der Waals surface area contributed by atoms with Crippen molar-refractivity contribution in [2.24, 2.45) is 5.73 Å². The van der Waals surface area contributed by atoms with Gasteiger partial charge in [0, 0.05) is 6.54 Å². The smallest absolute Gasteiger partial charge is 0.0976 e. The number of nitrogens with zero attached hydrogens (tertiary/aromatic N) is 1. The van der Waals surface area contributed by atoms with Crippen molar-refractivity contribution in [2.75, 3.05) is 19.6 Å². The molecule has 0 saturated heterocycles. The molecule has 0 radical (unpaired) electrons. The third-order valence-electron chi connectivity index (χ3n) is 2.71. The number of nitrogens with two attached hydrogens (primary N) is 1. The summed E-state index contributed by atoms with van der Waals surface area (Å²) in [6.45, 7) is 6.85. The minimum Gasteiger partial charge on any atom is -0.391 e. The van der Waals surface area contributed by atoms with E-state index in [9.17, 15) is 15.3 Å². The molecule has 0 aromatic rings. The van der Waals surface area contributed by atoms with Crippen LogP contribution in [-0.4, -0.2) is 64.2 Å². The van der Waals surface area contributed by atoms with Gasteiger partial charge in [-0.25, -0.2) is 0 Å². The minimum atomic E-state index is -0.983. The van der Waals surface area contributed by atoms with Gasteiger partial charge in [-0.2, -0.15) is 0 Å². The van der Waals surface area contributed by atoms with E-state index in [4.69, 9.17) is 5.73 Å². The molecule has 0 aliphatic heterocycles. The van der Waals surface area contributed by atoms with Gasteiger partial charge in [-0.3, -0.25) is 4.90 Å². The standard InChI is InChI=1S/C10H24N2O3/c1-4-12(5-2)9(8(14)6-11)10(15)7(3)13/h7-10,13-15H,4-6,11H2,1-3H3. The Kier molecular flexibility index (Phi) is 7.04. The van der Waals surface area contributed by atoms with Crippen LogP contribution in [0.25, 0.3) is 0 Å². The third-order valence-corrected chi connectivity index (χ3v) is 2.71. The number of aliphatic hydroxyl groups excluding tert-OH is 3. The van der Waals surface area contributed by atoms with Gasteiger partial charge in [0.2, 0.25) is 0 Å². The van der Waals surface area contributed by atoms with E-state index in [0.29, 0.717) is 13.1 Å². The number of hydrogen-bond acceptors (Lipinski definition) is 5. The molecule has 0 saturated carbocycles. The van der Waals surface area contributed by atoms with E-state index in [1.54, 1.807) is 0 Å². The van der Waals surface area contributed by atoms with Crippen molar-refractivity contribution in [3.05, 3.63) is 0 Å². The average molecular weight is 220 g/mol. The van der Waals surface area contributed by atoms with E-state index in [1.165, 1.54) is 6.92 Å². The third kappa shape index (κ3) is 4.04. The van der Waals surface area contributed by atoms with Crippen molar-refractivity contribution >= 4 is 0 Å². The normalized spacial score (nSPS) is 20.0. The van der Waals surface area contributed by atoms with Crippen LogP contribution in [-0.2, 0) is 0 Å². The van der Waals surface area contributed by atoms with Crippen molar-refractivity contribution in [1.29, 1.82) is 0 Å². The molecular weight excluding hydrogens is 196 g/mol. The van der Waals surface area contributed by atoms with Gasteiger partial charge in [-0.15, -0.1) is 0 Å². The molecule has 0 fully saturated rings. The first kappa shape index (κ1) is 14.8. The van der Waals surface area contributed by atoms with Crippen LogP contribution in [0.5, 0.6) is 0 Å². The van der Waals surface area contributed by atoms with Gasteiger partial charge >= 0.3 is 0 Å². The average Bonchev–Trinajstić information content (AvgIpc) is 2.23. The van der Waals surface area contributed by atoms with E-state index in [0.717, 1.165) is 0 Å². The van der Waals surface area contributed by atoms with Crippen molar-refractivity contribution in [3.8, 4) is 0 Å². The predicted octanol–water partition coefficient (Wildman–Crippen LogP) is -1.24. The maximum atomic E-state index is 9.81. The number of aliphatic hydroxyl groups is 3. The SMILES string of the molecule is CCN(CC)C(C(O)CN)C(O)C(C)O. The summed E-state index contributed by atoms with van der Waals surface area (Å²) in [6, 6.07) is -0.509. The first-order valence-corrected chi connectivity index (χ1v) is 5.47. The fourth-order valence-corrected chi connectivity index (χ4v) is 1.76. The lowest BCUT2D eigenvalue weighted by Crippen LogP contribution is -2.56. The van der Waals surface area contributed by atoms with Crippen molar-refractivity contribution < 1.29 is 15.3 Å². The van der Waals surface area contributed by atoms with Crippen LogP contribution in [0.2, 0.25) is 0 Å². The molecule has 0 bridgehead atoms. The molecule has 0 aliphatic carbocycles. The monoisotopic (exact) mass is 220 g/mol. The predicted molar refractivity (Wildman–Crippen MR) is 59.5 cm³/mol. The van der Waals surface area contributed by atoms with Gasteiger partial charge in [0.15, 0.2) is 0 Å². The molecule has 5 nitrogen and oxygen atoms in total. The molecule has 0 aliphatic rings. The molecule has 5 N–H and O–H groups in total. The summed E-state index contributed by atoms with van der Waals surface area (Å²) in [4.78, 5) is 1.90. The molecule has 92 valence electrons. The summed E-state index contributed by atoms with van der Waals surface area (Å²) in [5.41, 5.74) is 5.39. The second kappa shape index (κ2) is 7.14. The first-order chi connectivity index (χ1) is 6.99. The lowest BCUT2D eigenvalue weighted by molar-refractivity contribution is -0.0702. The molecule has 0 rings (SSSR count). The maximum absolute atomic E-state index is 9.81. The van der Waals surface area contributed by atoms with Crippen LogP contribution < -0.4 is 5.73 Å². The fourth-order valence-electron chi connectivity index (χ4n) is 1.76. The number of hydrogen-bond donors (Lipinski definition) is 4. The highest BCUT2D eigenvalue weighted by atomic mass is 16.3. The van der Waals surface area contributed by atoms with Crippen LogP contribution in [0.15, 0.2) is 0 Å². The highest BCUT2D eigenvalue weighted by Gasteiger charge is 2.32. The quantitative estimate of drug-likeness (QED) is 0.431. The van der Waals surface area contributed by atoms with E-state index >= 15 is 0 Å². The highest BCUT2D eigenvalue weighted by Crippen LogP contribution is 2.12. The molecule has 5 heteroatoms. The lowest BCUT2D eigenvalue weighted by Gasteiger charge is -2.37. The molecule has 0 aromatic heterocycles. The molecule has 0 aromatic carbocycles. The lowest BCUT2D eigenvalue weighted by atomic mass is 9.99. The topological polar surface area (TPSA) is 90.0 Å². The zero-order chi connectivity index (χ0) is 12.0. The Morgan fingerprint density at radius 1 is 1.13 bits per heavy atom. The van der Waals surface area contributed by atoms with Gasteiger partial charge in [-0.05, 0) is 20.0 Å². The van der Waals surface area contributed by atoms with Gasteiger partial charge in [0.1, 0.15) is 0 Å². The zero-order valence-electron chi connectivity index (χ0n) is 9.80. The molecule has 4 atom stereocenters. The maximum Gasteiger partial charge on any atom is 0.0976 e. The van der Waals surface area contributed by atoms with Crippen molar-refractivity contribution in [1.82, 2.24) is 4.90 Å². The number of rotatable bonds is 7. The Morgan fingerprint density at radius 2 is 1.60 bits per heavy atom. The van der Waals surface area contributed by atoms with Gasteiger partial charge in [-0.1, -0.05) is 13.8 Å². The summed E-state index contributed by atoms with van der Waals surface area (Å²) in [7, 11) is 0. The van der Waals surface area contributed by atoms with E-state index in [-0.39, 0.29) is 6.54 Å².